The van der Waals surface area contributed by atoms with Gasteiger partial charge in [-0.2, -0.15) is 17.9 Å². The number of aliphatic imine (C=N–C) groups is 1. The third-order valence-electron chi connectivity index (χ3n) is 4.13. The van der Waals surface area contributed by atoms with E-state index in [-0.39, 0.29) is 16.8 Å². The molecule has 1 atom stereocenters. The van der Waals surface area contributed by atoms with E-state index >= 15 is 0 Å². The van der Waals surface area contributed by atoms with Gasteiger partial charge in [-0.15, -0.1) is 11.3 Å². The van der Waals surface area contributed by atoms with Crippen LogP contribution in [0.1, 0.15) is 12.0 Å². The van der Waals surface area contributed by atoms with Crippen LogP contribution in [0.4, 0.5) is 13.2 Å². The number of hydrogen-bond acceptors (Lipinski definition) is 6. The topological polar surface area (TPSA) is 142 Å². The Labute approximate surface area is 195 Å². The summed E-state index contributed by atoms with van der Waals surface area (Å²) in [6, 6.07) is 9.77. The molecule has 1 aliphatic rings. The van der Waals surface area contributed by atoms with E-state index in [0.717, 1.165) is 16.9 Å². The Bertz CT molecular complexity index is 1120. The first-order valence-electron chi connectivity index (χ1n) is 9.02. The van der Waals surface area contributed by atoms with Gasteiger partial charge in [0, 0.05) is 17.5 Å². The van der Waals surface area contributed by atoms with Crippen LogP contribution in [0.25, 0.3) is 0 Å². The van der Waals surface area contributed by atoms with E-state index in [2.05, 4.69) is 9.71 Å². The maximum absolute atomic E-state index is 12.4. The molecule has 2 heterocycles. The lowest BCUT2D eigenvalue weighted by Crippen LogP contribution is -2.41. The van der Waals surface area contributed by atoms with Gasteiger partial charge in [-0.1, -0.05) is 41.9 Å². The second-order valence-corrected chi connectivity index (χ2v) is 9.79. The number of rotatable bonds is 6. The van der Waals surface area contributed by atoms with Crippen molar-refractivity contribution < 1.29 is 36.3 Å². The summed E-state index contributed by atoms with van der Waals surface area (Å²) in [7, 11) is -3.78. The van der Waals surface area contributed by atoms with Gasteiger partial charge in [-0.3, -0.25) is 4.79 Å². The van der Waals surface area contributed by atoms with Crippen LogP contribution in [0.2, 0.25) is 5.02 Å². The monoisotopic (exact) mass is 526 g/mol. The van der Waals surface area contributed by atoms with Crippen molar-refractivity contribution in [1.29, 1.82) is 0 Å². The smallest absolute Gasteiger partial charge is 0.475 e. The standard InChI is InChI=1S/C16H17ClN4O3S2.C2HF3O2/c17-12-8-14(25-9-12)26(23,24)20-13-6-7-21(16(13)22)10-19-15(18)11-4-2-1-3-5-11;3-2(4,5)1(6)7/h1-5,8-9,13,20H,6-7,10H2,(H2,18,19);(H,6,7)/t13-;/m0./s1. The van der Waals surface area contributed by atoms with Crippen molar-refractivity contribution >= 4 is 50.7 Å². The fourth-order valence-corrected chi connectivity index (χ4v) is 5.18. The summed E-state index contributed by atoms with van der Waals surface area (Å²) in [5.41, 5.74) is 6.69. The Kier molecular flexibility index (Phi) is 8.82. The second kappa shape index (κ2) is 11.0. The number of nitrogens with zero attached hydrogens (tertiary/aromatic N) is 2. The number of halogens is 4. The zero-order chi connectivity index (χ0) is 24.8. The predicted octanol–water partition coefficient (Wildman–Crippen LogP) is 2.28. The average molecular weight is 527 g/mol. The van der Waals surface area contributed by atoms with Crippen LogP contribution >= 0.6 is 22.9 Å². The Morgan fingerprint density at radius 2 is 1.94 bits per heavy atom. The van der Waals surface area contributed by atoms with Crippen molar-refractivity contribution in [2.24, 2.45) is 10.7 Å². The summed E-state index contributed by atoms with van der Waals surface area (Å²) >= 11 is 6.78. The number of carbonyl (C=O) groups excluding carboxylic acids is 1. The van der Waals surface area contributed by atoms with Crippen molar-refractivity contribution in [2.75, 3.05) is 13.2 Å². The lowest BCUT2D eigenvalue weighted by molar-refractivity contribution is -0.192. The molecule has 0 spiro atoms. The van der Waals surface area contributed by atoms with E-state index in [1.165, 1.54) is 16.3 Å². The minimum Gasteiger partial charge on any atom is -0.475 e. The van der Waals surface area contributed by atoms with E-state index in [1.807, 2.05) is 30.3 Å². The largest absolute Gasteiger partial charge is 0.490 e. The summed E-state index contributed by atoms with van der Waals surface area (Å²) in [4.78, 5) is 27.0. The van der Waals surface area contributed by atoms with Gasteiger partial charge < -0.3 is 15.7 Å². The van der Waals surface area contributed by atoms with E-state index < -0.39 is 28.2 Å². The van der Waals surface area contributed by atoms with Crippen LogP contribution in [-0.4, -0.2) is 61.6 Å². The maximum atomic E-state index is 12.4. The summed E-state index contributed by atoms with van der Waals surface area (Å²) < 4.78 is 58.9. The molecule has 33 heavy (non-hydrogen) atoms. The molecule has 1 aromatic heterocycles. The van der Waals surface area contributed by atoms with Gasteiger partial charge in [0.1, 0.15) is 22.8 Å². The number of alkyl halides is 3. The number of benzene rings is 1. The first-order valence-corrected chi connectivity index (χ1v) is 11.8. The van der Waals surface area contributed by atoms with E-state index in [0.29, 0.717) is 23.8 Å². The van der Waals surface area contributed by atoms with E-state index in [4.69, 9.17) is 27.2 Å². The molecule has 3 rings (SSSR count). The number of carbonyl (C=O) groups is 2. The molecule has 1 aliphatic heterocycles. The van der Waals surface area contributed by atoms with Crippen LogP contribution in [0.5, 0.6) is 0 Å². The zero-order valence-electron chi connectivity index (χ0n) is 16.6. The van der Waals surface area contributed by atoms with Crippen LogP contribution < -0.4 is 10.5 Å². The van der Waals surface area contributed by atoms with Crippen LogP contribution in [0, 0.1) is 0 Å². The number of amides is 1. The Morgan fingerprint density at radius 3 is 2.45 bits per heavy atom. The molecule has 0 saturated carbocycles. The van der Waals surface area contributed by atoms with Gasteiger partial charge in [0.2, 0.25) is 5.91 Å². The van der Waals surface area contributed by atoms with Gasteiger partial charge in [0.25, 0.3) is 10.0 Å². The first kappa shape index (κ1) is 26.6. The zero-order valence-corrected chi connectivity index (χ0v) is 19.0. The lowest BCUT2D eigenvalue weighted by Gasteiger charge is -2.15. The fourth-order valence-electron chi connectivity index (χ4n) is 2.53. The molecule has 180 valence electrons. The summed E-state index contributed by atoms with van der Waals surface area (Å²) in [6.45, 7) is 0.491. The van der Waals surface area contributed by atoms with Gasteiger partial charge in [-0.05, 0) is 12.5 Å². The van der Waals surface area contributed by atoms with Crippen LogP contribution in [0.15, 0.2) is 51.0 Å². The minimum atomic E-state index is -5.08. The molecule has 1 fully saturated rings. The van der Waals surface area contributed by atoms with Gasteiger partial charge in [-0.25, -0.2) is 18.2 Å². The maximum Gasteiger partial charge on any atom is 0.490 e. The predicted molar refractivity (Wildman–Crippen MR) is 115 cm³/mol. The fraction of sp³-hybridized carbons (Fsp3) is 0.278. The molecule has 0 radical (unpaired) electrons. The molecule has 1 amide bonds. The molecule has 4 N–H and O–H groups in total. The molecule has 15 heteroatoms. The number of hydrogen-bond donors (Lipinski definition) is 3. The first-order chi connectivity index (χ1) is 15.3. The third kappa shape index (κ3) is 7.70. The highest BCUT2D eigenvalue weighted by Crippen LogP contribution is 2.24. The molecular formula is C18H18ClF3N4O5S2. The quantitative estimate of drug-likeness (QED) is 0.389. The number of aliphatic carboxylic acids is 1. The highest BCUT2D eigenvalue weighted by molar-refractivity contribution is 7.91. The number of nitrogens with two attached hydrogens (primary N) is 1. The molecule has 1 saturated heterocycles. The molecule has 0 unspecified atom stereocenters. The van der Waals surface area contributed by atoms with Gasteiger partial charge in [0.15, 0.2) is 0 Å². The van der Waals surface area contributed by atoms with Crippen molar-refractivity contribution in [3.8, 4) is 0 Å². The highest BCUT2D eigenvalue weighted by Gasteiger charge is 2.38. The number of likely N-dealkylation sites (tertiary alicyclic amines) is 1. The van der Waals surface area contributed by atoms with Gasteiger partial charge in [0.05, 0.1) is 5.02 Å². The van der Waals surface area contributed by atoms with Crippen LogP contribution in [0.3, 0.4) is 0 Å². The number of sulfonamides is 1. The Balaban J connectivity index is 0.000000479. The summed E-state index contributed by atoms with van der Waals surface area (Å²) in [6.07, 6.45) is -4.71. The molecule has 0 aliphatic carbocycles. The second-order valence-electron chi connectivity index (χ2n) is 6.50. The molecule has 9 nitrogen and oxygen atoms in total. The number of thiophene rings is 1. The minimum absolute atomic E-state index is 0.0834. The molecule has 1 aromatic carbocycles. The average Bonchev–Trinajstić information content (AvgIpc) is 3.33. The third-order valence-corrected chi connectivity index (χ3v) is 7.39. The molecule has 0 bridgehead atoms. The number of carboxylic acid groups (broad SMARTS) is 1. The summed E-state index contributed by atoms with van der Waals surface area (Å²) in [5, 5.41) is 9.00. The normalized spacial score (nSPS) is 17.0. The number of nitrogens with one attached hydrogen (secondary N) is 1. The van der Waals surface area contributed by atoms with Crippen molar-refractivity contribution in [2.45, 2.75) is 22.8 Å². The molecule has 2 aromatic rings. The van der Waals surface area contributed by atoms with Crippen molar-refractivity contribution in [1.82, 2.24) is 9.62 Å². The van der Waals surface area contributed by atoms with Gasteiger partial charge >= 0.3 is 12.1 Å². The van der Waals surface area contributed by atoms with Crippen LogP contribution in [-0.2, 0) is 19.6 Å². The van der Waals surface area contributed by atoms with Crippen molar-refractivity contribution in [3.63, 3.8) is 0 Å². The lowest BCUT2D eigenvalue weighted by atomic mass is 10.2. The highest BCUT2D eigenvalue weighted by atomic mass is 35.5. The SMILES string of the molecule is NC(=NCN1CC[C@H](NS(=O)(=O)c2cc(Cl)cs2)C1=O)c1ccccc1.O=C(O)C(F)(F)F. The summed E-state index contributed by atoms with van der Waals surface area (Å²) in [5.74, 6) is -2.75. The van der Waals surface area contributed by atoms with E-state index in [1.54, 1.807) is 0 Å². The van der Waals surface area contributed by atoms with E-state index in [9.17, 15) is 26.4 Å². The number of carboxylic acids is 1. The molecular weight excluding hydrogens is 509 g/mol. The van der Waals surface area contributed by atoms with Crippen molar-refractivity contribution in [3.05, 3.63) is 52.4 Å². The number of amidine groups is 1. The Hall–Kier alpha value is -2.68. The Morgan fingerprint density at radius 1 is 1.33 bits per heavy atom.